The zero-order valence-electron chi connectivity index (χ0n) is 10.9. The van der Waals surface area contributed by atoms with Crippen molar-refractivity contribution in [1.29, 1.82) is 0 Å². The zero-order chi connectivity index (χ0) is 15.3. The molecule has 0 heterocycles. The SMILES string of the molecule is Cc1cc(C(=O)NC(CO)(CO)CO)ccc1[N+](=O)[O-]. The molecule has 8 heteroatoms. The van der Waals surface area contributed by atoms with E-state index in [1.807, 2.05) is 0 Å². The van der Waals surface area contributed by atoms with Gasteiger partial charge < -0.3 is 20.6 Å². The number of hydrogen-bond acceptors (Lipinski definition) is 6. The molecule has 0 bridgehead atoms. The number of nitro groups is 1. The Morgan fingerprint density at radius 2 is 1.85 bits per heavy atom. The van der Waals surface area contributed by atoms with E-state index in [0.29, 0.717) is 5.56 Å². The molecule has 0 saturated carbocycles. The summed E-state index contributed by atoms with van der Waals surface area (Å²) in [6.45, 7) is -0.431. The lowest BCUT2D eigenvalue weighted by atomic mass is 10.0. The number of hydrogen-bond donors (Lipinski definition) is 4. The van der Waals surface area contributed by atoms with Gasteiger partial charge in [0.2, 0.25) is 0 Å². The summed E-state index contributed by atoms with van der Waals surface area (Å²) in [6.07, 6.45) is 0. The van der Waals surface area contributed by atoms with Crippen LogP contribution in [0.2, 0.25) is 0 Å². The maximum absolute atomic E-state index is 12.0. The number of carbonyl (C=O) groups excluding carboxylic acids is 1. The van der Waals surface area contributed by atoms with E-state index in [0.717, 1.165) is 0 Å². The first kappa shape index (κ1) is 16.0. The van der Waals surface area contributed by atoms with Crippen LogP contribution in [0.25, 0.3) is 0 Å². The van der Waals surface area contributed by atoms with Crippen molar-refractivity contribution in [3.8, 4) is 0 Å². The molecule has 4 N–H and O–H groups in total. The van der Waals surface area contributed by atoms with Gasteiger partial charge in [-0.15, -0.1) is 0 Å². The highest BCUT2D eigenvalue weighted by atomic mass is 16.6. The van der Waals surface area contributed by atoms with Crippen molar-refractivity contribution in [2.45, 2.75) is 12.5 Å². The Hall–Kier alpha value is -2.03. The molecular formula is C12H16N2O6. The van der Waals surface area contributed by atoms with E-state index in [1.165, 1.54) is 25.1 Å². The van der Waals surface area contributed by atoms with E-state index < -0.39 is 36.2 Å². The first-order valence-electron chi connectivity index (χ1n) is 5.79. The predicted molar refractivity (Wildman–Crippen MR) is 69.3 cm³/mol. The van der Waals surface area contributed by atoms with Crippen LogP contribution in [-0.2, 0) is 0 Å². The zero-order valence-corrected chi connectivity index (χ0v) is 10.9. The lowest BCUT2D eigenvalue weighted by molar-refractivity contribution is -0.385. The van der Waals surface area contributed by atoms with Crippen LogP contribution >= 0.6 is 0 Å². The van der Waals surface area contributed by atoms with E-state index in [1.54, 1.807) is 0 Å². The third-order valence-electron chi connectivity index (χ3n) is 2.94. The number of aryl methyl sites for hydroxylation is 1. The minimum atomic E-state index is -1.53. The molecule has 0 aliphatic rings. The molecule has 1 aromatic rings. The maximum Gasteiger partial charge on any atom is 0.272 e. The van der Waals surface area contributed by atoms with Gasteiger partial charge in [0.05, 0.1) is 24.7 Å². The first-order chi connectivity index (χ1) is 9.39. The summed E-state index contributed by atoms with van der Waals surface area (Å²) in [5.74, 6) is -0.653. The van der Waals surface area contributed by atoms with Gasteiger partial charge in [-0.05, 0) is 19.1 Å². The van der Waals surface area contributed by atoms with Gasteiger partial charge in [0.15, 0.2) is 0 Å². The van der Waals surface area contributed by atoms with Crippen LogP contribution in [0, 0.1) is 17.0 Å². The van der Waals surface area contributed by atoms with Crippen LogP contribution in [0.15, 0.2) is 18.2 Å². The van der Waals surface area contributed by atoms with Gasteiger partial charge in [0, 0.05) is 17.2 Å². The molecule has 0 aliphatic heterocycles. The molecule has 8 nitrogen and oxygen atoms in total. The molecular weight excluding hydrogens is 268 g/mol. The van der Waals surface area contributed by atoms with E-state index in [2.05, 4.69) is 5.32 Å². The molecule has 0 aromatic heterocycles. The minimum absolute atomic E-state index is 0.112. The molecule has 110 valence electrons. The summed E-state index contributed by atoms with van der Waals surface area (Å²) in [6, 6.07) is 3.78. The van der Waals surface area contributed by atoms with Gasteiger partial charge >= 0.3 is 0 Å². The molecule has 1 rings (SSSR count). The second-order valence-corrected chi connectivity index (χ2v) is 4.47. The highest BCUT2D eigenvalue weighted by Crippen LogP contribution is 2.19. The number of nitrogens with zero attached hydrogens (tertiary/aromatic N) is 1. The maximum atomic E-state index is 12.0. The van der Waals surface area contributed by atoms with E-state index in [-0.39, 0.29) is 11.3 Å². The van der Waals surface area contributed by atoms with E-state index in [9.17, 15) is 14.9 Å². The van der Waals surface area contributed by atoms with E-state index >= 15 is 0 Å². The van der Waals surface area contributed by atoms with Crippen molar-refractivity contribution in [2.24, 2.45) is 0 Å². The predicted octanol–water partition coefficient (Wildman–Crippen LogP) is -0.651. The fourth-order valence-electron chi connectivity index (χ4n) is 1.58. The Morgan fingerprint density at radius 1 is 1.30 bits per heavy atom. The molecule has 1 amide bonds. The molecule has 0 radical (unpaired) electrons. The van der Waals surface area contributed by atoms with Crippen molar-refractivity contribution >= 4 is 11.6 Å². The molecule has 1 aromatic carbocycles. The van der Waals surface area contributed by atoms with Crippen molar-refractivity contribution in [1.82, 2.24) is 5.32 Å². The standard InChI is InChI=1S/C12H16N2O6/c1-8-4-9(2-3-10(8)14(19)20)11(18)13-12(5-15,6-16)7-17/h2-4,15-17H,5-7H2,1H3,(H,13,18). The molecule has 0 unspecified atom stereocenters. The highest BCUT2D eigenvalue weighted by Gasteiger charge is 2.30. The second-order valence-electron chi connectivity index (χ2n) is 4.47. The number of carbonyl (C=O) groups is 1. The van der Waals surface area contributed by atoms with Crippen molar-refractivity contribution in [2.75, 3.05) is 19.8 Å². The van der Waals surface area contributed by atoms with Gasteiger partial charge in [-0.2, -0.15) is 0 Å². The Morgan fingerprint density at radius 3 is 2.25 bits per heavy atom. The number of aliphatic hydroxyl groups excluding tert-OH is 3. The monoisotopic (exact) mass is 284 g/mol. The smallest absolute Gasteiger partial charge is 0.272 e. The summed E-state index contributed by atoms with van der Waals surface area (Å²) in [5, 5.41) is 40.3. The van der Waals surface area contributed by atoms with Crippen LogP contribution in [0.4, 0.5) is 5.69 Å². The second kappa shape index (κ2) is 6.42. The summed E-state index contributed by atoms with van der Waals surface area (Å²) >= 11 is 0. The topological polar surface area (TPSA) is 133 Å². The largest absolute Gasteiger partial charge is 0.394 e. The highest BCUT2D eigenvalue weighted by molar-refractivity contribution is 5.95. The van der Waals surface area contributed by atoms with Crippen molar-refractivity contribution in [3.63, 3.8) is 0 Å². The van der Waals surface area contributed by atoms with Gasteiger partial charge in [-0.3, -0.25) is 14.9 Å². The third kappa shape index (κ3) is 3.29. The fourth-order valence-corrected chi connectivity index (χ4v) is 1.58. The Balaban J connectivity index is 2.99. The van der Waals surface area contributed by atoms with Crippen LogP contribution in [0.1, 0.15) is 15.9 Å². The summed E-state index contributed by atoms with van der Waals surface area (Å²) < 4.78 is 0. The Bertz CT molecular complexity index is 504. The van der Waals surface area contributed by atoms with Crippen molar-refractivity contribution in [3.05, 3.63) is 39.4 Å². The molecule has 0 saturated heterocycles. The van der Waals surface area contributed by atoms with E-state index in [4.69, 9.17) is 15.3 Å². The lowest BCUT2D eigenvalue weighted by Gasteiger charge is -2.28. The lowest BCUT2D eigenvalue weighted by Crippen LogP contribution is -2.57. The fraction of sp³-hybridized carbons (Fsp3) is 0.417. The molecule has 0 spiro atoms. The number of nitro benzene ring substituents is 1. The van der Waals surface area contributed by atoms with Gasteiger partial charge in [0.25, 0.3) is 11.6 Å². The molecule has 0 aliphatic carbocycles. The van der Waals surface area contributed by atoms with Gasteiger partial charge in [-0.25, -0.2) is 0 Å². The molecule has 0 atom stereocenters. The minimum Gasteiger partial charge on any atom is -0.394 e. The van der Waals surface area contributed by atoms with Crippen LogP contribution in [-0.4, -0.2) is 51.5 Å². The normalized spacial score (nSPS) is 11.2. The van der Waals surface area contributed by atoms with Crippen LogP contribution in [0.5, 0.6) is 0 Å². The quantitative estimate of drug-likeness (QED) is 0.405. The summed E-state index contributed by atoms with van der Waals surface area (Å²) in [4.78, 5) is 22.1. The van der Waals surface area contributed by atoms with Crippen LogP contribution in [0.3, 0.4) is 0 Å². The number of amides is 1. The summed E-state index contributed by atoms with van der Waals surface area (Å²) in [5.41, 5.74) is -1.20. The average molecular weight is 284 g/mol. The number of benzene rings is 1. The number of rotatable bonds is 6. The Kier molecular flexibility index (Phi) is 5.14. The first-order valence-corrected chi connectivity index (χ1v) is 5.79. The van der Waals surface area contributed by atoms with Crippen LogP contribution < -0.4 is 5.32 Å². The number of nitrogens with one attached hydrogen (secondary N) is 1. The number of aliphatic hydroxyl groups is 3. The summed E-state index contributed by atoms with van der Waals surface area (Å²) in [7, 11) is 0. The van der Waals surface area contributed by atoms with Crippen molar-refractivity contribution < 1.29 is 25.0 Å². The molecule has 0 fully saturated rings. The van der Waals surface area contributed by atoms with Gasteiger partial charge in [-0.1, -0.05) is 0 Å². The van der Waals surface area contributed by atoms with Gasteiger partial charge in [0.1, 0.15) is 5.54 Å². The molecule has 20 heavy (non-hydrogen) atoms. The average Bonchev–Trinajstić information content (AvgIpc) is 2.44. The Labute approximate surface area is 114 Å². The third-order valence-corrected chi connectivity index (χ3v) is 2.94.